The van der Waals surface area contributed by atoms with Gasteiger partial charge < -0.3 is 5.11 Å². The van der Waals surface area contributed by atoms with Gasteiger partial charge in [0.05, 0.1) is 0 Å². The predicted octanol–water partition coefficient (Wildman–Crippen LogP) is 5.03. The van der Waals surface area contributed by atoms with Crippen LogP contribution in [0, 0.1) is 46.8 Å². The lowest BCUT2D eigenvalue weighted by atomic mass is 9.44. The summed E-state index contributed by atoms with van der Waals surface area (Å²) in [7, 11) is 0. The van der Waals surface area contributed by atoms with Gasteiger partial charge >= 0.3 is 0 Å². The average Bonchev–Trinajstić information content (AvgIpc) is 2.80. The fourth-order valence-corrected chi connectivity index (χ4v) is 7.43. The summed E-state index contributed by atoms with van der Waals surface area (Å²) in [6.45, 7) is 4.47. The molecule has 0 aromatic carbocycles. The molecule has 0 saturated heterocycles. The van der Waals surface area contributed by atoms with Gasteiger partial charge in [-0.2, -0.15) is 0 Å². The molecule has 24 heavy (non-hydrogen) atoms. The van der Waals surface area contributed by atoms with Crippen LogP contribution in [0.5, 0.6) is 0 Å². The number of hydrogen-bond donors (Lipinski definition) is 1. The lowest BCUT2D eigenvalue weighted by molar-refractivity contribution is -0.171. The van der Waals surface area contributed by atoms with Gasteiger partial charge in [-0.15, -0.1) is 6.42 Å². The van der Waals surface area contributed by atoms with E-state index in [4.69, 9.17) is 6.42 Å². The van der Waals surface area contributed by atoms with Crippen LogP contribution in [-0.4, -0.2) is 16.6 Å². The van der Waals surface area contributed by atoms with Crippen LogP contribution in [-0.2, 0) is 0 Å². The summed E-state index contributed by atoms with van der Waals surface area (Å²) >= 11 is 0. The molecule has 0 amide bonds. The number of halogens is 2. The molecule has 134 valence electrons. The second-order valence-electron chi connectivity index (χ2n) is 9.72. The molecular formula is C21H30F2O. The van der Waals surface area contributed by atoms with Gasteiger partial charge in [-0.1, -0.05) is 19.8 Å². The van der Waals surface area contributed by atoms with Gasteiger partial charge in [0, 0.05) is 18.3 Å². The third kappa shape index (κ3) is 2.02. The van der Waals surface area contributed by atoms with Crippen LogP contribution in [0.3, 0.4) is 0 Å². The van der Waals surface area contributed by atoms with Gasteiger partial charge in [-0.3, -0.25) is 0 Å². The van der Waals surface area contributed by atoms with E-state index >= 15 is 0 Å². The largest absolute Gasteiger partial charge is 0.377 e. The zero-order valence-corrected chi connectivity index (χ0v) is 15.0. The molecule has 4 saturated carbocycles. The average molecular weight is 336 g/mol. The summed E-state index contributed by atoms with van der Waals surface area (Å²) in [5.74, 6) is 1.96. The zero-order valence-electron chi connectivity index (χ0n) is 15.0. The van der Waals surface area contributed by atoms with E-state index in [2.05, 4.69) is 19.8 Å². The molecule has 0 unspecified atom stereocenters. The quantitative estimate of drug-likeness (QED) is 0.615. The van der Waals surface area contributed by atoms with Crippen molar-refractivity contribution in [1.29, 1.82) is 0 Å². The fourth-order valence-electron chi connectivity index (χ4n) is 7.43. The SMILES string of the molecule is C#C[C@@]1(O)CC[C@H]2[C@@H]3CC[C@H]4CC(F)(F)CC[C@]4(C)[C@H]3CC[C@@]21C. The van der Waals surface area contributed by atoms with E-state index in [-0.39, 0.29) is 29.6 Å². The van der Waals surface area contributed by atoms with Crippen LogP contribution in [0.15, 0.2) is 0 Å². The maximum absolute atomic E-state index is 13.9. The van der Waals surface area contributed by atoms with Crippen LogP contribution < -0.4 is 0 Å². The van der Waals surface area contributed by atoms with E-state index in [9.17, 15) is 13.9 Å². The fraction of sp³-hybridized carbons (Fsp3) is 0.905. The maximum atomic E-state index is 13.9. The Labute approximate surface area is 144 Å². The van der Waals surface area contributed by atoms with E-state index < -0.39 is 11.5 Å². The number of fused-ring (bicyclic) bond motifs is 5. The highest BCUT2D eigenvalue weighted by atomic mass is 19.3. The maximum Gasteiger partial charge on any atom is 0.248 e. The highest BCUT2D eigenvalue weighted by molar-refractivity contribution is 5.23. The van der Waals surface area contributed by atoms with Crippen molar-refractivity contribution in [2.75, 3.05) is 0 Å². The van der Waals surface area contributed by atoms with E-state index in [1.807, 2.05) is 0 Å². The van der Waals surface area contributed by atoms with Crippen molar-refractivity contribution in [1.82, 2.24) is 0 Å². The highest BCUT2D eigenvalue weighted by Crippen LogP contribution is 2.68. The van der Waals surface area contributed by atoms with Crippen LogP contribution in [0.2, 0.25) is 0 Å². The predicted molar refractivity (Wildman–Crippen MR) is 90.5 cm³/mol. The standard InChI is InChI=1S/C21H30F2O/c1-4-20(24)10-8-17-15-6-5-14-13-21(22,23)12-11-18(14,2)16(15)7-9-19(17,20)3/h1,14-17,24H,5-13H2,2-3H3/t14-,15+,16-,17-,18-,19-,20+/m0/s1. The Morgan fingerprint density at radius 3 is 2.38 bits per heavy atom. The normalized spacial score (nSPS) is 55.8. The van der Waals surface area contributed by atoms with E-state index in [1.165, 1.54) is 0 Å². The minimum atomic E-state index is -2.46. The Kier molecular flexibility index (Phi) is 3.48. The lowest BCUT2D eigenvalue weighted by Gasteiger charge is -2.61. The molecule has 4 rings (SSSR count). The zero-order chi connectivity index (χ0) is 17.4. The summed E-state index contributed by atoms with van der Waals surface area (Å²) in [6.07, 6.45) is 12.2. The molecule has 0 bridgehead atoms. The molecule has 7 atom stereocenters. The molecule has 0 radical (unpaired) electrons. The molecule has 1 N–H and O–H groups in total. The topological polar surface area (TPSA) is 20.2 Å². The minimum Gasteiger partial charge on any atom is -0.377 e. The second kappa shape index (κ2) is 4.97. The minimum absolute atomic E-state index is 0.0550. The molecule has 4 aliphatic carbocycles. The van der Waals surface area contributed by atoms with Crippen LogP contribution in [0.25, 0.3) is 0 Å². The molecule has 4 aliphatic rings. The summed E-state index contributed by atoms with van der Waals surface area (Å²) in [5, 5.41) is 11.0. The number of alkyl halides is 2. The molecule has 3 heteroatoms. The van der Waals surface area contributed by atoms with Gasteiger partial charge in [0.25, 0.3) is 0 Å². The van der Waals surface area contributed by atoms with Gasteiger partial charge in [0.1, 0.15) is 5.60 Å². The number of terminal acetylenes is 1. The van der Waals surface area contributed by atoms with Crippen LogP contribution >= 0.6 is 0 Å². The Bertz CT molecular complexity index is 581. The van der Waals surface area contributed by atoms with E-state index in [0.29, 0.717) is 30.6 Å². The third-order valence-corrected chi connectivity index (χ3v) is 9.03. The van der Waals surface area contributed by atoms with Crippen molar-refractivity contribution in [2.24, 2.45) is 34.5 Å². The monoisotopic (exact) mass is 336 g/mol. The second-order valence-corrected chi connectivity index (χ2v) is 9.72. The Morgan fingerprint density at radius 2 is 1.67 bits per heavy atom. The van der Waals surface area contributed by atoms with Gasteiger partial charge in [0.2, 0.25) is 5.92 Å². The summed E-state index contributed by atoms with van der Waals surface area (Å²) in [6, 6.07) is 0. The van der Waals surface area contributed by atoms with E-state index in [0.717, 1.165) is 32.1 Å². The first-order valence-corrected chi connectivity index (χ1v) is 9.73. The third-order valence-electron chi connectivity index (χ3n) is 9.03. The lowest BCUT2D eigenvalue weighted by Crippen LogP contribution is -2.57. The molecule has 0 aliphatic heterocycles. The highest BCUT2D eigenvalue weighted by Gasteiger charge is 2.65. The van der Waals surface area contributed by atoms with E-state index in [1.54, 1.807) is 0 Å². The number of aliphatic hydroxyl groups is 1. The molecule has 0 aromatic rings. The van der Waals surface area contributed by atoms with Crippen molar-refractivity contribution >= 4 is 0 Å². The molecule has 0 aromatic heterocycles. The van der Waals surface area contributed by atoms with Gasteiger partial charge in [-0.05, 0) is 74.0 Å². The van der Waals surface area contributed by atoms with Crippen LogP contribution in [0.4, 0.5) is 8.78 Å². The Balaban J connectivity index is 1.64. The van der Waals surface area contributed by atoms with Crippen molar-refractivity contribution in [3.8, 4) is 12.3 Å². The molecule has 1 nitrogen and oxygen atoms in total. The van der Waals surface area contributed by atoms with Crippen molar-refractivity contribution in [3.63, 3.8) is 0 Å². The summed E-state index contributed by atoms with van der Waals surface area (Å²) in [4.78, 5) is 0. The molecule has 0 spiro atoms. The van der Waals surface area contributed by atoms with Crippen molar-refractivity contribution in [2.45, 2.75) is 83.2 Å². The number of hydrogen-bond acceptors (Lipinski definition) is 1. The Hall–Kier alpha value is -0.620. The van der Waals surface area contributed by atoms with Crippen molar-refractivity contribution < 1.29 is 13.9 Å². The first-order valence-electron chi connectivity index (χ1n) is 9.73. The van der Waals surface area contributed by atoms with Crippen molar-refractivity contribution in [3.05, 3.63) is 0 Å². The van der Waals surface area contributed by atoms with Gasteiger partial charge in [-0.25, -0.2) is 8.78 Å². The van der Waals surface area contributed by atoms with Crippen LogP contribution in [0.1, 0.15) is 71.6 Å². The first-order chi connectivity index (χ1) is 11.2. The first kappa shape index (κ1) is 16.8. The molecule has 4 fully saturated rings. The molecule has 0 heterocycles. The smallest absolute Gasteiger partial charge is 0.248 e. The Morgan fingerprint density at radius 1 is 0.958 bits per heavy atom. The number of rotatable bonds is 0. The summed E-state index contributed by atoms with van der Waals surface area (Å²) < 4.78 is 27.9. The molecular weight excluding hydrogens is 306 g/mol. The summed E-state index contributed by atoms with van der Waals surface area (Å²) in [5.41, 5.74) is -1.10. The van der Waals surface area contributed by atoms with Gasteiger partial charge in [0.15, 0.2) is 0 Å².